The summed E-state index contributed by atoms with van der Waals surface area (Å²) < 4.78 is 84.6. The number of rotatable bonds is 4. The third-order valence-electron chi connectivity index (χ3n) is 9.00. The fraction of sp³-hybridized carbons (Fsp3) is 0.519. The Hall–Kier alpha value is -3.10. The molecule has 4 aliphatic rings. The molecule has 2 aliphatic carbocycles. The monoisotopic (exact) mass is 614 g/mol. The van der Waals surface area contributed by atoms with Gasteiger partial charge in [0.05, 0.1) is 12.2 Å². The summed E-state index contributed by atoms with van der Waals surface area (Å²) in [5.74, 6) is 1.18. The average Bonchev–Trinajstić information content (AvgIpc) is 3.14. The molecule has 1 N–H and O–H groups in total. The van der Waals surface area contributed by atoms with Gasteiger partial charge in [-0.05, 0) is 48.7 Å². The third kappa shape index (κ3) is 4.58. The SMILES string of the molecule is OC1(C(F)(F)F)CC(N2Cc3cc(Cl)ccc3-n3c(nnc3C3CC4(C3)CN(c3ncccc3OC(F)(F)F)C4)C2)C1. The van der Waals surface area contributed by atoms with Crippen molar-refractivity contribution < 1.29 is 36.2 Å². The Morgan fingerprint density at radius 1 is 0.976 bits per heavy atom. The van der Waals surface area contributed by atoms with E-state index in [0.29, 0.717) is 30.5 Å². The molecule has 0 amide bonds. The second-order valence-corrected chi connectivity index (χ2v) is 12.3. The molecule has 3 fully saturated rings. The van der Waals surface area contributed by atoms with Crippen molar-refractivity contribution in [3.63, 3.8) is 0 Å². The summed E-state index contributed by atoms with van der Waals surface area (Å²) in [5.41, 5.74) is -1.16. The molecule has 0 unspecified atom stereocenters. The smallest absolute Gasteiger partial charge is 0.402 e. The Balaban J connectivity index is 1.09. The molecule has 2 aromatic heterocycles. The van der Waals surface area contributed by atoms with E-state index in [9.17, 15) is 31.4 Å². The van der Waals surface area contributed by atoms with Crippen LogP contribution in [0.5, 0.6) is 5.75 Å². The number of fused-ring (bicyclic) bond motifs is 3. The normalized spacial score (nSPS) is 25.6. The Bertz CT molecular complexity index is 1520. The van der Waals surface area contributed by atoms with Crippen molar-refractivity contribution in [2.24, 2.45) is 5.41 Å². The van der Waals surface area contributed by atoms with Gasteiger partial charge in [0, 0.05) is 61.1 Å². The lowest BCUT2D eigenvalue weighted by Crippen LogP contribution is -2.62. The molecule has 1 spiro atoms. The van der Waals surface area contributed by atoms with Gasteiger partial charge in [0.2, 0.25) is 0 Å². The number of pyridine rings is 1. The number of nitrogens with zero attached hydrogens (tertiary/aromatic N) is 6. The van der Waals surface area contributed by atoms with Gasteiger partial charge in [-0.2, -0.15) is 13.2 Å². The van der Waals surface area contributed by atoms with Crippen LogP contribution in [0.25, 0.3) is 5.69 Å². The molecule has 0 atom stereocenters. The van der Waals surface area contributed by atoms with E-state index in [1.807, 2.05) is 15.5 Å². The number of hydrogen-bond donors (Lipinski definition) is 1. The Morgan fingerprint density at radius 2 is 1.71 bits per heavy atom. The number of alkyl halides is 6. The van der Waals surface area contributed by atoms with Gasteiger partial charge >= 0.3 is 12.5 Å². The molecular formula is C27H25ClF6N6O2. The van der Waals surface area contributed by atoms with Crippen molar-refractivity contribution in [3.8, 4) is 11.4 Å². The molecule has 4 heterocycles. The van der Waals surface area contributed by atoms with Crippen molar-refractivity contribution in [2.45, 2.75) is 68.9 Å². The summed E-state index contributed by atoms with van der Waals surface area (Å²) in [6, 6.07) is 7.54. The first kappa shape index (κ1) is 27.7. The highest BCUT2D eigenvalue weighted by atomic mass is 35.5. The zero-order valence-corrected chi connectivity index (χ0v) is 22.7. The minimum atomic E-state index is -4.82. The van der Waals surface area contributed by atoms with Gasteiger partial charge in [-0.1, -0.05) is 11.6 Å². The molecule has 7 rings (SSSR count). The van der Waals surface area contributed by atoms with Gasteiger partial charge in [0.25, 0.3) is 0 Å². The minimum absolute atomic E-state index is 0.0390. The maximum absolute atomic E-state index is 13.3. The van der Waals surface area contributed by atoms with E-state index in [1.54, 1.807) is 17.0 Å². The number of aliphatic hydroxyl groups is 1. The summed E-state index contributed by atoms with van der Waals surface area (Å²) in [5, 5.41) is 19.5. The Kier molecular flexibility index (Phi) is 6.07. The number of anilines is 1. The molecule has 0 radical (unpaired) electrons. The van der Waals surface area contributed by atoms with Crippen molar-refractivity contribution in [1.29, 1.82) is 0 Å². The van der Waals surface area contributed by atoms with Gasteiger partial charge in [-0.15, -0.1) is 23.4 Å². The van der Waals surface area contributed by atoms with Gasteiger partial charge in [0.1, 0.15) is 5.82 Å². The largest absolute Gasteiger partial charge is 0.573 e. The fourth-order valence-electron chi connectivity index (χ4n) is 6.95. The highest BCUT2D eigenvalue weighted by molar-refractivity contribution is 6.30. The maximum Gasteiger partial charge on any atom is 0.573 e. The Labute approximate surface area is 240 Å². The predicted octanol–water partition coefficient (Wildman–Crippen LogP) is 5.37. The molecule has 2 saturated carbocycles. The molecule has 42 heavy (non-hydrogen) atoms. The number of benzene rings is 1. The number of halogens is 7. The van der Waals surface area contributed by atoms with Gasteiger partial charge < -0.3 is 14.7 Å². The number of aromatic nitrogens is 4. The lowest BCUT2D eigenvalue weighted by Gasteiger charge is -2.59. The lowest BCUT2D eigenvalue weighted by atomic mass is 9.57. The van der Waals surface area contributed by atoms with E-state index >= 15 is 0 Å². The molecular weight excluding hydrogens is 590 g/mol. The quantitative estimate of drug-likeness (QED) is 0.396. The maximum atomic E-state index is 13.3. The Morgan fingerprint density at radius 3 is 2.40 bits per heavy atom. The van der Waals surface area contributed by atoms with Crippen LogP contribution >= 0.6 is 11.6 Å². The van der Waals surface area contributed by atoms with E-state index in [2.05, 4.69) is 19.9 Å². The first-order chi connectivity index (χ1) is 19.7. The van der Waals surface area contributed by atoms with Crippen LogP contribution in [0.2, 0.25) is 5.02 Å². The molecule has 1 saturated heterocycles. The van der Waals surface area contributed by atoms with Crippen LogP contribution in [0, 0.1) is 5.41 Å². The summed E-state index contributed by atoms with van der Waals surface area (Å²) in [7, 11) is 0. The molecule has 224 valence electrons. The van der Waals surface area contributed by atoms with E-state index in [0.717, 1.165) is 29.9 Å². The van der Waals surface area contributed by atoms with Crippen LogP contribution in [-0.4, -0.2) is 67.0 Å². The average molecular weight is 615 g/mol. The molecule has 8 nitrogen and oxygen atoms in total. The molecule has 3 aromatic rings. The highest BCUT2D eigenvalue weighted by Crippen LogP contribution is 2.57. The van der Waals surface area contributed by atoms with Crippen LogP contribution in [0.15, 0.2) is 36.5 Å². The lowest BCUT2D eigenvalue weighted by molar-refractivity contribution is -0.300. The van der Waals surface area contributed by atoms with Crippen molar-refractivity contribution >= 4 is 17.4 Å². The van der Waals surface area contributed by atoms with Gasteiger partial charge in [-0.25, -0.2) is 4.98 Å². The van der Waals surface area contributed by atoms with Crippen molar-refractivity contribution in [1.82, 2.24) is 24.6 Å². The first-order valence-corrected chi connectivity index (χ1v) is 13.8. The number of hydrogen-bond acceptors (Lipinski definition) is 7. The van der Waals surface area contributed by atoms with Crippen LogP contribution in [0.4, 0.5) is 32.2 Å². The van der Waals surface area contributed by atoms with Crippen molar-refractivity contribution in [3.05, 3.63) is 58.8 Å². The summed E-state index contributed by atoms with van der Waals surface area (Å²) >= 11 is 6.30. The summed E-state index contributed by atoms with van der Waals surface area (Å²) in [6.07, 6.45) is -7.41. The minimum Gasteiger partial charge on any atom is -0.402 e. The van der Waals surface area contributed by atoms with Crippen LogP contribution in [0.1, 0.15) is 48.8 Å². The van der Waals surface area contributed by atoms with Crippen molar-refractivity contribution in [2.75, 3.05) is 18.0 Å². The van der Waals surface area contributed by atoms with E-state index < -0.39 is 37.0 Å². The molecule has 2 aliphatic heterocycles. The molecule has 15 heteroatoms. The zero-order chi connectivity index (χ0) is 29.7. The van der Waals surface area contributed by atoms with Crippen LogP contribution in [-0.2, 0) is 13.1 Å². The van der Waals surface area contributed by atoms with Crippen LogP contribution in [0.3, 0.4) is 0 Å². The van der Waals surface area contributed by atoms with Gasteiger partial charge in [0.15, 0.2) is 23.0 Å². The van der Waals surface area contributed by atoms with E-state index in [4.69, 9.17) is 11.6 Å². The van der Waals surface area contributed by atoms with E-state index in [-0.39, 0.29) is 29.4 Å². The summed E-state index contributed by atoms with van der Waals surface area (Å²) in [4.78, 5) is 7.77. The molecule has 1 aromatic carbocycles. The zero-order valence-electron chi connectivity index (χ0n) is 22.0. The fourth-order valence-corrected chi connectivity index (χ4v) is 7.14. The predicted molar refractivity (Wildman–Crippen MR) is 137 cm³/mol. The number of ether oxygens (including phenoxy) is 1. The third-order valence-corrected chi connectivity index (χ3v) is 9.23. The van der Waals surface area contributed by atoms with Gasteiger partial charge in [-0.3, -0.25) is 9.47 Å². The second-order valence-electron chi connectivity index (χ2n) is 11.9. The highest BCUT2D eigenvalue weighted by Gasteiger charge is 2.62. The topological polar surface area (TPSA) is 79.5 Å². The van der Waals surface area contributed by atoms with Crippen LogP contribution < -0.4 is 9.64 Å². The summed E-state index contributed by atoms with van der Waals surface area (Å²) in [6.45, 7) is 1.65. The second kappa shape index (κ2) is 9.20. The van der Waals surface area contributed by atoms with E-state index in [1.165, 1.54) is 18.3 Å². The first-order valence-electron chi connectivity index (χ1n) is 13.4. The molecule has 0 bridgehead atoms. The standard InChI is InChI=1S/C27H25ClF6N6O2/c28-17-3-4-19-15(6-17)11-38(18-9-25(41,10-18)26(29,30)31)12-21-36-37-22(40(19)21)16-7-24(8-16)13-39(14-24)23-20(2-1-5-35-23)42-27(32,33)34/h1-6,16,18,41H,7-14H2.